The molecule has 1 unspecified atom stereocenters. The normalized spacial score (nSPS) is 20.0. The fourth-order valence-corrected chi connectivity index (χ4v) is 3.32. The van der Waals surface area contributed by atoms with E-state index in [1.54, 1.807) is 0 Å². The molecule has 1 aromatic rings. The highest BCUT2D eigenvalue weighted by atomic mass is 16.5. The number of carbonyl (C=O) groups is 1. The largest absolute Gasteiger partial charge is 0.462 e. The zero-order chi connectivity index (χ0) is 16.3. The second-order valence-electron chi connectivity index (χ2n) is 7.65. The number of piperidine rings is 1. The molecule has 3 heteroatoms. The summed E-state index contributed by atoms with van der Waals surface area (Å²) in [5.41, 5.74) is 3.19. The number of hydrogen-bond acceptors (Lipinski definition) is 3. The van der Waals surface area contributed by atoms with Gasteiger partial charge in [-0.05, 0) is 62.0 Å². The second kappa shape index (κ2) is 6.82. The molecule has 122 valence electrons. The summed E-state index contributed by atoms with van der Waals surface area (Å²) in [6, 6.07) is 5.90. The van der Waals surface area contributed by atoms with Gasteiger partial charge in [-0.2, -0.15) is 0 Å². The lowest BCUT2D eigenvalue weighted by molar-refractivity contribution is 0.0371. The van der Waals surface area contributed by atoms with Crippen LogP contribution < -0.4 is 0 Å². The van der Waals surface area contributed by atoms with Crippen LogP contribution in [0.15, 0.2) is 18.2 Å². The number of carbonyl (C=O) groups excluding carboxylic acids is 1. The Balaban J connectivity index is 1.97. The quantitative estimate of drug-likeness (QED) is 0.796. The molecule has 1 heterocycles. The number of hydrogen-bond donors (Lipinski definition) is 0. The molecule has 1 aliphatic rings. The van der Waals surface area contributed by atoms with E-state index in [0.717, 1.165) is 25.1 Å². The van der Waals surface area contributed by atoms with Crippen molar-refractivity contribution in [2.75, 3.05) is 26.7 Å². The van der Waals surface area contributed by atoms with Gasteiger partial charge in [0.25, 0.3) is 0 Å². The summed E-state index contributed by atoms with van der Waals surface area (Å²) < 4.78 is 5.53. The third-order valence-corrected chi connectivity index (χ3v) is 4.44. The zero-order valence-corrected chi connectivity index (χ0v) is 14.6. The van der Waals surface area contributed by atoms with E-state index >= 15 is 0 Å². The molecule has 0 aliphatic carbocycles. The Morgan fingerprint density at radius 3 is 2.68 bits per heavy atom. The predicted octanol–water partition coefficient (Wildman–Crippen LogP) is 3.79. The van der Waals surface area contributed by atoms with Crippen molar-refractivity contribution < 1.29 is 9.53 Å². The molecule has 0 saturated carbocycles. The Morgan fingerprint density at radius 2 is 2.09 bits per heavy atom. The third-order valence-electron chi connectivity index (χ3n) is 4.44. The Labute approximate surface area is 134 Å². The van der Waals surface area contributed by atoms with Crippen molar-refractivity contribution in [2.45, 2.75) is 46.0 Å². The number of benzene rings is 1. The molecule has 0 N–H and O–H groups in total. The van der Waals surface area contributed by atoms with Crippen molar-refractivity contribution >= 4 is 5.97 Å². The lowest BCUT2D eigenvalue weighted by Gasteiger charge is -2.29. The average Bonchev–Trinajstić information content (AvgIpc) is 2.43. The summed E-state index contributed by atoms with van der Waals surface area (Å²) in [4.78, 5) is 14.6. The molecule has 1 aromatic carbocycles. The lowest BCUT2D eigenvalue weighted by Crippen LogP contribution is -2.34. The SMILES string of the molecule is Cc1cc(C(=O)OCC2CCCN(C)C2)ccc1C(C)(C)C. The topological polar surface area (TPSA) is 29.5 Å². The van der Waals surface area contributed by atoms with Crippen LogP contribution >= 0.6 is 0 Å². The predicted molar refractivity (Wildman–Crippen MR) is 90.4 cm³/mol. The van der Waals surface area contributed by atoms with E-state index < -0.39 is 0 Å². The Kier molecular flexibility index (Phi) is 5.28. The van der Waals surface area contributed by atoms with Crippen LogP contribution in [0, 0.1) is 12.8 Å². The first kappa shape index (κ1) is 17.0. The van der Waals surface area contributed by atoms with Gasteiger partial charge in [0, 0.05) is 12.5 Å². The molecule has 22 heavy (non-hydrogen) atoms. The van der Waals surface area contributed by atoms with Gasteiger partial charge in [-0.15, -0.1) is 0 Å². The van der Waals surface area contributed by atoms with Crippen LogP contribution in [0.1, 0.15) is 55.1 Å². The first-order valence-corrected chi connectivity index (χ1v) is 8.24. The van der Waals surface area contributed by atoms with Crippen molar-refractivity contribution in [3.63, 3.8) is 0 Å². The first-order valence-electron chi connectivity index (χ1n) is 8.24. The minimum Gasteiger partial charge on any atom is -0.462 e. The second-order valence-corrected chi connectivity index (χ2v) is 7.65. The highest BCUT2D eigenvalue weighted by Crippen LogP contribution is 2.26. The molecule has 0 aromatic heterocycles. The Morgan fingerprint density at radius 1 is 1.36 bits per heavy atom. The van der Waals surface area contributed by atoms with Gasteiger partial charge < -0.3 is 9.64 Å². The summed E-state index contributed by atoms with van der Waals surface area (Å²) in [5, 5.41) is 0. The maximum absolute atomic E-state index is 12.2. The number of rotatable bonds is 3. The van der Waals surface area contributed by atoms with Crippen molar-refractivity contribution in [1.82, 2.24) is 4.90 Å². The van der Waals surface area contributed by atoms with Crippen LogP contribution in [-0.2, 0) is 10.2 Å². The maximum atomic E-state index is 12.2. The minimum atomic E-state index is -0.197. The van der Waals surface area contributed by atoms with Crippen molar-refractivity contribution in [1.29, 1.82) is 0 Å². The highest BCUT2D eigenvalue weighted by Gasteiger charge is 2.21. The van der Waals surface area contributed by atoms with Gasteiger partial charge in [-0.3, -0.25) is 0 Å². The third kappa shape index (κ3) is 4.33. The molecule has 0 bridgehead atoms. The van der Waals surface area contributed by atoms with E-state index in [1.165, 1.54) is 12.0 Å². The number of nitrogens with zero attached hydrogens (tertiary/aromatic N) is 1. The van der Waals surface area contributed by atoms with Gasteiger partial charge in [-0.1, -0.05) is 26.8 Å². The standard InChI is InChI=1S/C19H29NO2/c1-14-11-16(8-9-17(14)19(2,3)4)18(21)22-13-15-7-6-10-20(5)12-15/h8-9,11,15H,6-7,10,12-13H2,1-5H3. The van der Waals surface area contributed by atoms with E-state index in [4.69, 9.17) is 4.74 Å². The summed E-state index contributed by atoms with van der Waals surface area (Å²) in [5.74, 6) is 0.273. The Bertz CT molecular complexity index is 531. The van der Waals surface area contributed by atoms with Gasteiger partial charge in [0.15, 0.2) is 0 Å². The van der Waals surface area contributed by atoms with Gasteiger partial charge >= 0.3 is 5.97 Å². The van der Waals surface area contributed by atoms with E-state index in [9.17, 15) is 4.79 Å². The number of likely N-dealkylation sites (tertiary alicyclic amines) is 1. The monoisotopic (exact) mass is 303 g/mol. The molecular weight excluding hydrogens is 274 g/mol. The van der Waals surface area contributed by atoms with E-state index in [1.807, 2.05) is 12.1 Å². The van der Waals surface area contributed by atoms with Crippen LogP contribution in [0.25, 0.3) is 0 Å². The molecule has 0 amide bonds. The minimum absolute atomic E-state index is 0.0964. The van der Waals surface area contributed by atoms with E-state index in [0.29, 0.717) is 18.1 Å². The molecule has 1 aliphatic heterocycles. The Hall–Kier alpha value is -1.35. The molecule has 0 spiro atoms. The fourth-order valence-electron chi connectivity index (χ4n) is 3.32. The van der Waals surface area contributed by atoms with Crippen molar-refractivity contribution in [2.24, 2.45) is 5.92 Å². The van der Waals surface area contributed by atoms with Gasteiger partial charge in [0.1, 0.15) is 0 Å². The fraction of sp³-hybridized carbons (Fsp3) is 0.632. The highest BCUT2D eigenvalue weighted by molar-refractivity contribution is 5.89. The van der Waals surface area contributed by atoms with Gasteiger partial charge in [-0.25, -0.2) is 4.79 Å². The molecule has 3 nitrogen and oxygen atoms in total. The smallest absolute Gasteiger partial charge is 0.338 e. The van der Waals surface area contributed by atoms with Gasteiger partial charge in [0.05, 0.1) is 12.2 Å². The van der Waals surface area contributed by atoms with E-state index in [2.05, 4.69) is 45.7 Å². The van der Waals surface area contributed by atoms with Gasteiger partial charge in [0.2, 0.25) is 0 Å². The van der Waals surface area contributed by atoms with Crippen LogP contribution in [0.3, 0.4) is 0 Å². The molecule has 1 atom stereocenters. The van der Waals surface area contributed by atoms with Crippen LogP contribution in [-0.4, -0.2) is 37.6 Å². The average molecular weight is 303 g/mol. The number of aryl methyl sites for hydroxylation is 1. The number of esters is 1. The van der Waals surface area contributed by atoms with Crippen molar-refractivity contribution in [3.8, 4) is 0 Å². The molecule has 0 radical (unpaired) electrons. The molecule has 2 rings (SSSR count). The summed E-state index contributed by atoms with van der Waals surface area (Å²) in [7, 11) is 2.13. The first-order chi connectivity index (χ1) is 10.3. The lowest BCUT2D eigenvalue weighted by atomic mass is 9.83. The summed E-state index contributed by atoms with van der Waals surface area (Å²) in [6.07, 6.45) is 2.34. The molecule has 1 fully saturated rings. The van der Waals surface area contributed by atoms with Crippen LogP contribution in [0.4, 0.5) is 0 Å². The summed E-state index contributed by atoms with van der Waals surface area (Å²) in [6.45, 7) is 11.3. The molecular formula is C19H29NO2. The van der Waals surface area contributed by atoms with Crippen LogP contribution in [0.2, 0.25) is 0 Å². The molecule has 1 saturated heterocycles. The summed E-state index contributed by atoms with van der Waals surface area (Å²) >= 11 is 0. The van der Waals surface area contributed by atoms with Crippen LogP contribution in [0.5, 0.6) is 0 Å². The van der Waals surface area contributed by atoms with Crippen molar-refractivity contribution in [3.05, 3.63) is 34.9 Å². The maximum Gasteiger partial charge on any atom is 0.338 e. The zero-order valence-electron chi connectivity index (χ0n) is 14.6. The number of ether oxygens (including phenoxy) is 1. The van der Waals surface area contributed by atoms with E-state index in [-0.39, 0.29) is 11.4 Å².